The summed E-state index contributed by atoms with van der Waals surface area (Å²) in [7, 11) is 2.24. The number of nitrogens with zero attached hydrogens (tertiary/aromatic N) is 2. The third-order valence-corrected chi connectivity index (χ3v) is 8.42. The summed E-state index contributed by atoms with van der Waals surface area (Å²) in [6.45, 7) is 14.2. The van der Waals surface area contributed by atoms with Crippen LogP contribution in [0.1, 0.15) is 59.8 Å². The number of carbonyl (C=O) groups excluding carboxylic acids is 2. The number of halogens is 2. The first-order chi connectivity index (χ1) is 19.0. The van der Waals surface area contributed by atoms with Gasteiger partial charge in [-0.3, -0.25) is 9.59 Å². The molecule has 0 saturated heterocycles. The van der Waals surface area contributed by atoms with Crippen molar-refractivity contribution in [3.8, 4) is 0 Å². The Morgan fingerprint density at radius 2 is 2.02 bits per heavy atom. The summed E-state index contributed by atoms with van der Waals surface area (Å²) in [6, 6.07) is 0.0334. The van der Waals surface area contributed by atoms with Crippen molar-refractivity contribution in [2.45, 2.75) is 65.8 Å². The molecule has 5 nitrogen and oxygen atoms in total. The summed E-state index contributed by atoms with van der Waals surface area (Å²) in [6.07, 6.45) is 18.0. The summed E-state index contributed by atoms with van der Waals surface area (Å²) >= 11 is 10.2. The topological polar surface area (TPSA) is 52.7 Å². The molecule has 216 valence electrons. The SMILES string of the molecule is C=C1C=CC=CN1/C(CC1=CC(Br)=CCC1NCC(=O)P)=C(\C)CN(CCC(C)C)C(=O)C1=C(Cl)C=C(C)CC1. The van der Waals surface area contributed by atoms with Crippen LogP contribution in [0.15, 0.2) is 92.4 Å². The van der Waals surface area contributed by atoms with E-state index < -0.39 is 0 Å². The molecule has 2 unspecified atom stereocenters. The Bertz CT molecular complexity index is 1240. The first kappa shape index (κ1) is 32.5. The monoisotopic (exact) mass is 645 g/mol. The molecule has 0 saturated carbocycles. The highest BCUT2D eigenvalue weighted by molar-refractivity contribution is 9.11. The maximum atomic E-state index is 13.9. The molecule has 0 radical (unpaired) electrons. The molecule has 0 bridgehead atoms. The van der Waals surface area contributed by atoms with Gasteiger partial charge < -0.3 is 15.1 Å². The molecule has 1 aliphatic heterocycles. The molecule has 40 heavy (non-hydrogen) atoms. The summed E-state index contributed by atoms with van der Waals surface area (Å²) in [5.41, 5.74) is 6.12. The molecule has 0 fully saturated rings. The lowest BCUT2D eigenvalue weighted by Gasteiger charge is -2.33. The number of carbonyl (C=O) groups is 2. The summed E-state index contributed by atoms with van der Waals surface area (Å²) in [4.78, 5) is 29.6. The van der Waals surface area contributed by atoms with Crippen molar-refractivity contribution in [2.75, 3.05) is 19.6 Å². The average Bonchev–Trinajstić information content (AvgIpc) is 2.89. The normalized spacial score (nSPS) is 19.9. The molecular weight excluding hydrogens is 605 g/mol. The van der Waals surface area contributed by atoms with Crippen LogP contribution in [0.5, 0.6) is 0 Å². The molecule has 1 N–H and O–H groups in total. The number of hydrogen-bond acceptors (Lipinski definition) is 4. The second-order valence-electron chi connectivity index (χ2n) is 11.1. The van der Waals surface area contributed by atoms with Crippen LogP contribution in [-0.4, -0.2) is 46.9 Å². The van der Waals surface area contributed by atoms with Gasteiger partial charge in [0.25, 0.3) is 5.91 Å². The van der Waals surface area contributed by atoms with Crippen LogP contribution in [0.2, 0.25) is 0 Å². The van der Waals surface area contributed by atoms with Crippen LogP contribution in [0.3, 0.4) is 0 Å². The maximum Gasteiger partial charge on any atom is 0.251 e. The van der Waals surface area contributed by atoms with E-state index in [2.05, 4.69) is 81.8 Å². The van der Waals surface area contributed by atoms with Crippen LogP contribution in [0, 0.1) is 5.92 Å². The van der Waals surface area contributed by atoms with E-state index in [1.807, 2.05) is 35.4 Å². The molecule has 2 atom stereocenters. The van der Waals surface area contributed by atoms with Crippen molar-refractivity contribution in [3.63, 3.8) is 0 Å². The standard InChI is InChI=1S/C32H42BrClN3O2P/c1-21(2)13-15-36(32(39)27-11-9-22(3)16-28(27)34)20-23(4)30(37-14-7-6-8-24(37)5)18-25-17-26(33)10-12-29(25)35-19-31(38)40/h6-8,10,14,16-17,21,29,35H,5,9,11-13,15,18-20,40H2,1-4H3/b30-23+. The van der Waals surface area contributed by atoms with Crippen molar-refractivity contribution in [2.24, 2.45) is 5.92 Å². The Morgan fingerprint density at radius 3 is 2.67 bits per heavy atom. The second kappa shape index (κ2) is 15.3. The van der Waals surface area contributed by atoms with Crippen molar-refractivity contribution < 1.29 is 9.59 Å². The van der Waals surface area contributed by atoms with Gasteiger partial charge in [-0.15, -0.1) is 0 Å². The maximum absolute atomic E-state index is 13.9. The van der Waals surface area contributed by atoms with E-state index in [9.17, 15) is 9.59 Å². The van der Waals surface area contributed by atoms with E-state index in [1.165, 1.54) is 11.1 Å². The second-order valence-corrected chi connectivity index (χ2v) is 13.1. The smallest absolute Gasteiger partial charge is 0.251 e. The highest BCUT2D eigenvalue weighted by atomic mass is 79.9. The molecular formula is C32H42BrClN3O2P. The molecule has 1 amide bonds. The molecule has 3 rings (SSSR count). The zero-order chi connectivity index (χ0) is 29.4. The van der Waals surface area contributed by atoms with Gasteiger partial charge in [-0.2, -0.15) is 0 Å². The number of rotatable bonds is 12. The van der Waals surface area contributed by atoms with Gasteiger partial charge in [0.15, 0.2) is 5.52 Å². The first-order valence-electron chi connectivity index (χ1n) is 13.9. The number of amides is 1. The fraction of sp³-hybridized carbons (Fsp3) is 0.438. The molecule has 2 aliphatic carbocycles. The Balaban J connectivity index is 1.99. The van der Waals surface area contributed by atoms with Gasteiger partial charge in [-0.25, -0.2) is 0 Å². The Hall–Kier alpha value is -1.98. The fourth-order valence-electron chi connectivity index (χ4n) is 4.97. The van der Waals surface area contributed by atoms with Gasteiger partial charge >= 0.3 is 0 Å². The zero-order valence-electron chi connectivity index (χ0n) is 24.1. The minimum absolute atomic E-state index is 0.0158. The number of allylic oxidation sites excluding steroid dienone is 9. The van der Waals surface area contributed by atoms with Crippen molar-refractivity contribution in [3.05, 3.63) is 92.4 Å². The van der Waals surface area contributed by atoms with Gasteiger partial charge in [0.05, 0.1) is 6.54 Å². The minimum atomic E-state index is 0.0158. The summed E-state index contributed by atoms with van der Waals surface area (Å²) in [5.74, 6) is 0.483. The van der Waals surface area contributed by atoms with Gasteiger partial charge in [0.1, 0.15) is 0 Å². The zero-order valence-corrected chi connectivity index (χ0v) is 27.6. The third-order valence-electron chi connectivity index (χ3n) is 7.32. The van der Waals surface area contributed by atoms with Gasteiger partial charge in [0.2, 0.25) is 0 Å². The van der Waals surface area contributed by atoms with Crippen LogP contribution in [0.4, 0.5) is 0 Å². The van der Waals surface area contributed by atoms with Crippen molar-refractivity contribution in [1.82, 2.24) is 15.1 Å². The quantitative estimate of drug-likeness (QED) is 0.222. The van der Waals surface area contributed by atoms with Crippen molar-refractivity contribution >= 4 is 48.2 Å². The predicted octanol–water partition coefficient (Wildman–Crippen LogP) is 7.63. The van der Waals surface area contributed by atoms with Crippen LogP contribution < -0.4 is 5.32 Å². The molecule has 0 aromatic rings. The molecule has 3 aliphatic rings. The highest BCUT2D eigenvalue weighted by Crippen LogP contribution is 2.33. The third kappa shape index (κ3) is 9.27. The molecule has 0 aromatic heterocycles. The van der Waals surface area contributed by atoms with Gasteiger partial charge in [-0.1, -0.05) is 74.9 Å². The van der Waals surface area contributed by atoms with Crippen LogP contribution in [0.25, 0.3) is 0 Å². The van der Waals surface area contributed by atoms with E-state index >= 15 is 0 Å². The average molecular weight is 647 g/mol. The van der Waals surface area contributed by atoms with E-state index in [1.54, 1.807) is 0 Å². The Morgan fingerprint density at radius 1 is 1.27 bits per heavy atom. The van der Waals surface area contributed by atoms with E-state index in [4.69, 9.17) is 11.6 Å². The lowest BCUT2D eigenvalue weighted by molar-refractivity contribution is -0.127. The lowest BCUT2D eigenvalue weighted by Crippen LogP contribution is -2.37. The van der Waals surface area contributed by atoms with Crippen molar-refractivity contribution in [1.29, 1.82) is 0 Å². The van der Waals surface area contributed by atoms with Crippen LogP contribution in [-0.2, 0) is 9.59 Å². The Labute approximate surface area is 255 Å². The number of hydrogen-bond donors (Lipinski definition) is 1. The predicted molar refractivity (Wildman–Crippen MR) is 175 cm³/mol. The molecule has 8 heteroatoms. The van der Waals surface area contributed by atoms with E-state index in [-0.39, 0.29) is 24.0 Å². The van der Waals surface area contributed by atoms with E-state index in [0.717, 1.165) is 40.7 Å². The molecule has 0 aromatic carbocycles. The molecule has 0 spiro atoms. The number of nitrogens with one attached hydrogen (secondary N) is 1. The minimum Gasteiger partial charge on any atom is -0.335 e. The summed E-state index contributed by atoms with van der Waals surface area (Å²) in [5, 5.41) is 3.96. The largest absolute Gasteiger partial charge is 0.335 e. The Kier molecular flexibility index (Phi) is 12.4. The van der Waals surface area contributed by atoms with Crippen LogP contribution >= 0.6 is 36.8 Å². The first-order valence-corrected chi connectivity index (χ1v) is 15.7. The van der Waals surface area contributed by atoms with Gasteiger partial charge in [-0.05, 0) is 80.9 Å². The van der Waals surface area contributed by atoms with Gasteiger partial charge in [0, 0.05) is 58.2 Å². The van der Waals surface area contributed by atoms with E-state index in [0.29, 0.717) is 42.5 Å². The highest BCUT2D eigenvalue weighted by Gasteiger charge is 2.26. The molecule has 1 heterocycles. The lowest BCUT2D eigenvalue weighted by atomic mass is 9.92. The summed E-state index contributed by atoms with van der Waals surface area (Å²) < 4.78 is 1.03. The fourth-order valence-corrected chi connectivity index (χ4v) is 5.93.